The average molecular weight is 863 g/mol. The van der Waals surface area contributed by atoms with Crippen LogP contribution >= 0.6 is 0 Å². The zero-order valence-corrected chi connectivity index (χ0v) is 39.3. The number of hydrogen-bond donors (Lipinski definition) is 0. The van der Waals surface area contributed by atoms with Gasteiger partial charge in [0.25, 0.3) is 0 Å². The Morgan fingerprint density at radius 2 is 1.39 bits per heavy atom. The van der Waals surface area contributed by atoms with Gasteiger partial charge in [0.1, 0.15) is 24.7 Å². The number of carbonyl (C=O) groups excluding carboxylic acids is 1. The van der Waals surface area contributed by atoms with Crippen LogP contribution in [0, 0.1) is 0 Å². The van der Waals surface area contributed by atoms with Gasteiger partial charge in [-0.2, -0.15) is 0 Å². The zero-order chi connectivity index (χ0) is 43.6. The lowest BCUT2D eigenvalue weighted by molar-refractivity contribution is -0.0927. The van der Waals surface area contributed by atoms with Crippen molar-refractivity contribution in [3.05, 3.63) is 89.5 Å². The monoisotopic (exact) mass is 863 g/mol. The van der Waals surface area contributed by atoms with Gasteiger partial charge < -0.3 is 47.4 Å². The molecule has 2 heterocycles. The Bertz CT molecular complexity index is 1690. The molecule has 0 aliphatic carbocycles. The second-order valence-electron chi connectivity index (χ2n) is 17.4. The minimum absolute atomic E-state index is 0.170. The molecule has 0 radical (unpaired) electrons. The van der Waals surface area contributed by atoms with Crippen LogP contribution in [0.2, 0.25) is 16.6 Å². The normalized spacial score (nSPS) is 18.1. The topological polar surface area (TPSA) is 97.4 Å². The molecular weight excluding hydrogens is 789 g/mol. The predicted octanol–water partition coefficient (Wildman–Crippen LogP) is 10.0. The number of hydrogen-bond acceptors (Lipinski definition) is 10. The third-order valence-electron chi connectivity index (χ3n) is 12.2. The quantitative estimate of drug-likeness (QED) is 0.0605. The van der Waals surface area contributed by atoms with E-state index in [-0.39, 0.29) is 24.7 Å². The van der Waals surface area contributed by atoms with E-state index in [9.17, 15) is 4.79 Å². The SMILES string of the molecule is COCCCCOc1ccc([C@@H]2[C@@H](OCc3ccc4c(c3)N(CCCOC)CCO4)CN(C(=O)OCc3ccccc3)C[C@H]2OCCCO[Si](C(C)C)(C(C)C)C(C)C)cc1. The minimum atomic E-state index is -2.02. The minimum Gasteiger partial charge on any atom is -0.494 e. The Morgan fingerprint density at radius 1 is 0.721 bits per heavy atom. The molecule has 2 aliphatic rings. The number of unbranched alkanes of at least 4 members (excludes halogenated alkanes) is 1. The highest BCUT2D eigenvalue weighted by molar-refractivity contribution is 6.77. The smallest absolute Gasteiger partial charge is 0.410 e. The fourth-order valence-corrected chi connectivity index (χ4v) is 14.8. The summed E-state index contributed by atoms with van der Waals surface area (Å²) in [6, 6.07) is 24.4. The molecule has 5 rings (SSSR count). The molecule has 0 saturated carbocycles. The van der Waals surface area contributed by atoms with E-state index in [1.165, 1.54) is 0 Å². The van der Waals surface area contributed by atoms with Gasteiger partial charge in [-0.15, -0.1) is 0 Å². The third-order valence-corrected chi connectivity index (χ3v) is 18.4. The molecule has 3 aromatic rings. The standard InChI is InChI=1S/C49H74N2O9Si/c1-37(2)61(38(3)4,39(5)6)60-30-15-29-56-46-33-51(49(52)59-35-40-16-10-9-11-17-40)34-47(48(46)42-19-21-43(22-20-42)55-28-13-12-26-53-7)58-36-41-18-23-45-44(32-41)50(25-31-57-45)24-14-27-54-8/h9-11,16-23,32,37-39,46-48H,12-15,24-31,33-36H2,1-8H3/t46-,47+,48+/m1/s1. The maximum absolute atomic E-state index is 13.9. The third kappa shape index (κ3) is 13.7. The first kappa shape index (κ1) is 48.4. The largest absolute Gasteiger partial charge is 0.494 e. The van der Waals surface area contributed by atoms with Crippen molar-refractivity contribution in [2.45, 2.75) is 115 Å². The lowest BCUT2D eigenvalue weighted by Gasteiger charge is -2.43. The number of benzene rings is 3. The van der Waals surface area contributed by atoms with Crippen LogP contribution in [0.1, 0.15) is 89.8 Å². The molecular formula is C49H74N2O9Si. The predicted molar refractivity (Wildman–Crippen MR) is 245 cm³/mol. The Morgan fingerprint density at radius 3 is 2.08 bits per heavy atom. The first-order valence-electron chi connectivity index (χ1n) is 22.6. The van der Waals surface area contributed by atoms with Crippen LogP contribution in [0.4, 0.5) is 10.5 Å². The molecule has 1 amide bonds. The van der Waals surface area contributed by atoms with Crippen LogP contribution in [-0.4, -0.2) is 112 Å². The fraction of sp³-hybridized carbons (Fsp3) is 0.612. The summed E-state index contributed by atoms with van der Waals surface area (Å²) in [4.78, 5) is 18.0. The van der Waals surface area contributed by atoms with E-state index in [0.29, 0.717) is 69.4 Å². The summed E-state index contributed by atoms with van der Waals surface area (Å²) in [5.74, 6) is 1.52. The highest BCUT2D eigenvalue weighted by atomic mass is 28.4. The van der Waals surface area contributed by atoms with Crippen molar-refractivity contribution in [3.63, 3.8) is 0 Å². The summed E-state index contributed by atoms with van der Waals surface area (Å²) in [7, 11) is 1.44. The zero-order valence-electron chi connectivity index (χ0n) is 38.3. The van der Waals surface area contributed by atoms with Gasteiger partial charge in [-0.05, 0) is 83.3 Å². The number of piperidine rings is 1. The first-order chi connectivity index (χ1) is 29.6. The molecule has 0 unspecified atom stereocenters. The Kier molecular flexibility index (Phi) is 19.7. The van der Waals surface area contributed by atoms with Gasteiger partial charge in [0.05, 0.1) is 50.7 Å². The number of anilines is 1. The lowest BCUT2D eigenvalue weighted by atomic mass is 9.84. The van der Waals surface area contributed by atoms with Gasteiger partial charge in [-0.1, -0.05) is 90.1 Å². The van der Waals surface area contributed by atoms with Crippen molar-refractivity contribution in [2.24, 2.45) is 0 Å². The average Bonchev–Trinajstić information content (AvgIpc) is 3.26. The molecule has 338 valence electrons. The number of ether oxygens (including phenoxy) is 7. The Hall–Kier alpha value is -3.65. The van der Waals surface area contributed by atoms with E-state index in [1.54, 1.807) is 19.1 Å². The van der Waals surface area contributed by atoms with E-state index in [1.807, 2.05) is 48.5 Å². The second kappa shape index (κ2) is 24.8. The Balaban J connectivity index is 1.39. The number of fused-ring (bicyclic) bond motifs is 1. The fourth-order valence-electron chi connectivity index (χ4n) is 9.29. The molecule has 3 aromatic carbocycles. The summed E-state index contributed by atoms with van der Waals surface area (Å²) >= 11 is 0. The van der Waals surface area contributed by atoms with Crippen LogP contribution in [0.5, 0.6) is 11.5 Å². The number of nitrogens with zero attached hydrogens (tertiary/aromatic N) is 2. The van der Waals surface area contributed by atoms with E-state index in [0.717, 1.165) is 79.3 Å². The molecule has 0 N–H and O–H groups in total. The van der Waals surface area contributed by atoms with Crippen molar-refractivity contribution in [2.75, 3.05) is 84.9 Å². The van der Waals surface area contributed by atoms with E-state index in [4.69, 9.17) is 37.6 Å². The molecule has 11 nitrogen and oxygen atoms in total. The van der Waals surface area contributed by atoms with Crippen LogP contribution in [-0.2, 0) is 41.3 Å². The molecule has 0 spiro atoms. The molecule has 12 heteroatoms. The van der Waals surface area contributed by atoms with E-state index >= 15 is 0 Å². The molecule has 0 bridgehead atoms. The molecule has 2 aliphatic heterocycles. The van der Waals surface area contributed by atoms with E-state index in [2.05, 4.69) is 70.7 Å². The molecule has 1 saturated heterocycles. The number of carbonyl (C=O) groups is 1. The van der Waals surface area contributed by atoms with Gasteiger partial charge >= 0.3 is 6.09 Å². The molecule has 0 aromatic heterocycles. The maximum atomic E-state index is 13.9. The van der Waals surface area contributed by atoms with Crippen molar-refractivity contribution in [3.8, 4) is 11.5 Å². The van der Waals surface area contributed by atoms with Crippen LogP contribution < -0.4 is 14.4 Å². The summed E-state index contributed by atoms with van der Waals surface area (Å²) in [5.41, 5.74) is 5.61. The number of likely N-dealkylation sites (tertiary alicyclic amines) is 1. The summed E-state index contributed by atoms with van der Waals surface area (Å²) in [6.07, 6.45) is 2.40. The Labute approximate surface area is 367 Å². The number of amides is 1. The van der Waals surface area contributed by atoms with Crippen molar-refractivity contribution in [1.29, 1.82) is 0 Å². The highest BCUT2D eigenvalue weighted by Crippen LogP contribution is 2.42. The van der Waals surface area contributed by atoms with Crippen molar-refractivity contribution < 1.29 is 42.4 Å². The summed E-state index contributed by atoms with van der Waals surface area (Å²) in [5, 5.41) is 0. The van der Waals surface area contributed by atoms with Crippen molar-refractivity contribution >= 4 is 20.1 Å². The molecule has 3 atom stereocenters. The maximum Gasteiger partial charge on any atom is 0.410 e. The molecule has 1 fully saturated rings. The van der Waals surface area contributed by atoms with Gasteiger partial charge in [0.15, 0.2) is 8.32 Å². The van der Waals surface area contributed by atoms with Crippen LogP contribution in [0.15, 0.2) is 72.8 Å². The second-order valence-corrected chi connectivity index (χ2v) is 22.8. The van der Waals surface area contributed by atoms with Gasteiger partial charge in [0.2, 0.25) is 0 Å². The highest BCUT2D eigenvalue weighted by Gasteiger charge is 2.45. The lowest BCUT2D eigenvalue weighted by Crippen LogP contribution is -2.54. The molecule has 61 heavy (non-hydrogen) atoms. The summed E-state index contributed by atoms with van der Waals surface area (Å²) in [6.45, 7) is 20.7. The first-order valence-corrected chi connectivity index (χ1v) is 24.7. The van der Waals surface area contributed by atoms with Gasteiger partial charge in [-0.3, -0.25) is 0 Å². The number of methoxy groups -OCH3 is 2. The van der Waals surface area contributed by atoms with Crippen LogP contribution in [0.3, 0.4) is 0 Å². The van der Waals surface area contributed by atoms with E-state index < -0.39 is 14.4 Å². The van der Waals surface area contributed by atoms with Gasteiger partial charge in [0, 0.05) is 53.1 Å². The number of rotatable bonds is 25. The summed E-state index contributed by atoms with van der Waals surface area (Å²) < 4.78 is 49.3. The van der Waals surface area contributed by atoms with Crippen molar-refractivity contribution in [1.82, 2.24) is 4.90 Å². The van der Waals surface area contributed by atoms with Gasteiger partial charge in [-0.25, -0.2) is 4.79 Å². The van der Waals surface area contributed by atoms with Crippen LogP contribution in [0.25, 0.3) is 0 Å².